The van der Waals surface area contributed by atoms with Gasteiger partial charge in [-0.2, -0.15) is 0 Å². The highest BCUT2D eigenvalue weighted by atomic mass is 31.2. The number of hydrogen-bond donors (Lipinski definition) is 0. The topological polar surface area (TPSA) is 122 Å². The lowest BCUT2D eigenvalue weighted by Gasteiger charge is -2.28. The van der Waals surface area contributed by atoms with E-state index in [1.165, 1.54) is 24.3 Å². The maximum Gasteiger partial charge on any atom is 0.345 e. The van der Waals surface area contributed by atoms with Gasteiger partial charge in [0.25, 0.3) is 5.69 Å². The number of nitro benzene ring substituents is 1. The molecule has 0 fully saturated rings. The molecule has 0 aromatic heterocycles. The molecule has 9 nitrogen and oxygen atoms in total. The summed E-state index contributed by atoms with van der Waals surface area (Å²) in [4.78, 5) is 33.4. The standard InChI is InChI=1S/C14H18NO8P/c1-21-14(17)13(24(20,22-2)23-3)12(8-9-16)10-4-6-11(7-5-10)15(18)19/h4-7,9,12-13H,8H2,1-3H3/t12-,13?/m0/s1. The molecular weight excluding hydrogens is 341 g/mol. The van der Waals surface area contributed by atoms with E-state index in [1.54, 1.807) is 0 Å². The average molecular weight is 359 g/mol. The van der Waals surface area contributed by atoms with Gasteiger partial charge in [0.2, 0.25) is 0 Å². The molecule has 0 bridgehead atoms. The Hall–Kier alpha value is -2.09. The number of aldehydes is 1. The van der Waals surface area contributed by atoms with Crippen LogP contribution in [0.25, 0.3) is 0 Å². The monoisotopic (exact) mass is 359 g/mol. The van der Waals surface area contributed by atoms with E-state index in [0.717, 1.165) is 21.3 Å². The van der Waals surface area contributed by atoms with Crippen molar-refractivity contribution in [3.05, 3.63) is 39.9 Å². The van der Waals surface area contributed by atoms with Gasteiger partial charge < -0.3 is 18.6 Å². The summed E-state index contributed by atoms with van der Waals surface area (Å²) in [7, 11) is -0.565. The fourth-order valence-corrected chi connectivity index (χ4v) is 4.03. The first kappa shape index (κ1) is 20.0. The molecule has 0 spiro atoms. The van der Waals surface area contributed by atoms with Crippen molar-refractivity contribution in [1.82, 2.24) is 0 Å². The van der Waals surface area contributed by atoms with E-state index in [-0.39, 0.29) is 12.1 Å². The second-order valence-electron chi connectivity index (χ2n) is 4.73. The molecule has 0 saturated carbocycles. The predicted molar refractivity (Wildman–Crippen MR) is 83.9 cm³/mol. The lowest BCUT2D eigenvalue weighted by molar-refractivity contribution is -0.384. The van der Waals surface area contributed by atoms with Gasteiger partial charge in [-0.15, -0.1) is 0 Å². The van der Waals surface area contributed by atoms with E-state index in [4.69, 9.17) is 9.05 Å². The Bertz CT molecular complexity index is 637. The van der Waals surface area contributed by atoms with Gasteiger partial charge in [0.1, 0.15) is 6.29 Å². The highest BCUT2D eigenvalue weighted by Gasteiger charge is 2.46. The van der Waals surface area contributed by atoms with E-state index < -0.39 is 30.1 Å². The molecule has 0 heterocycles. The number of carbonyl (C=O) groups excluding carboxylic acids is 2. The maximum absolute atomic E-state index is 12.7. The van der Waals surface area contributed by atoms with E-state index >= 15 is 0 Å². The number of methoxy groups -OCH3 is 1. The van der Waals surface area contributed by atoms with Crippen LogP contribution in [0.4, 0.5) is 5.69 Å². The van der Waals surface area contributed by atoms with Crippen molar-refractivity contribution in [2.75, 3.05) is 21.3 Å². The molecule has 0 amide bonds. The highest BCUT2D eigenvalue weighted by molar-refractivity contribution is 7.55. The number of carbonyl (C=O) groups is 2. The minimum absolute atomic E-state index is 0.153. The summed E-state index contributed by atoms with van der Waals surface area (Å²) in [5.74, 6) is -1.76. The summed E-state index contributed by atoms with van der Waals surface area (Å²) in [6.07, 6.45) is 0.381. The minimum atomic E-state index is -3.91. The predicted octanol–water partition coefficient (Wildman–Crippen LogP) is 2.29. The number of non-ortho nitro benzene ring substituents is 1. The molecule has 132 valence electrons. The molecule has 1 rings (SSSR count). The van der Waals surface area contributed by atoms with Gasteiger partial charge in [-0.1, -0.05) is 12.1 Å². The van der Waals surface area contributed by atoms with Crippen LogP contribution in [-0.4, -0.2) is 44.2 Å². The quantitative estimate of drug-likeness (QED) is 0.216. The first-order valence-corrected chi connectivity index (χ1v) is 8.42. The van der Waals surface area contributed by atoms with Crippen LogP contribution < -0.4 is 0 Å². The van der Waals surface area contributed by atoms with E-state index in [1.807, 2.05) is 0 Å². The van der Waals surface area contributed by atoms with Gasteiger partial charge in [-0.3, -0.25) is 19.5 Å². The summed E-state index contributed by atoms with van der Waals surface area (Å²) in [5, 5.41) is 10.7. The van der Waals surface area contributed by atoms with Crippen molar-refractivity contribution < 1.29 is 32.9 Å². The Kier molecular flexibility index (Phi) is 7.21. The molecule has 0 aliphatic carbocycles. The largest absolute Gasteiger partial charge is 0.468 e. The van der Waals surface area contributed by atoms with E-state index in [0.29, 0.717) is 11.8 Å². The molecule has 0 radical (unpaired) electrons. The second-order valence-corrected chi connectivity index (χ2v) is 7.10. The van der Waals surface area contributed by atoms with E-state index in [2.05, 4.69) is 4.74 Å². The van der Waals surface area contributed by atoms with Crippen LogP contribution in [0, 0.1) is 10.1 Å². The maximum atomic E-state index is 12.7. The average Bonchev–Trinajstić information content (AvgIpc) is 2.60. The zero-order chi connectivity index (χ0) is 18.3. The zero-order valence-corrected chi connectivity index (χ0v) is 14.3. The molecule has 0 N–H and O–H groups in total. The number of rotatable bonds is 9. The van der Waals surface area contributed by atoms with Crippen LogP contribution in [0.2, 0.25) is 0 Å². The number of esters is 1. The molecule has 1 unspecified atom stereocenters. The van der Waals surface area contributed by atoms with Crippen molar-refractivity contribution in [2.45, 2.75) is 18.0 Å². The SMILES string of the molecule is COC(=O)C([C@@H](CC=O)c1ccc([N+](=O)[O-])cc1)P(=O)(OC)OC. The minimum Gasteiger partial charge on any atom is -0.468 e. The summed E-state index contributed by atoms with van der Waals surface area (Å²) in [6, 6.07) is 5.23. The van der Waals surface area contributed by atoms with E-state index in [9.17, 15) is 24.3 Å². The third-order valence-corrected chi connectivity index (χ3v) is 5.83. The number of hydrogen-bond acceptors (Lipinski definition) is 8. The van der Waals surface area contributed by atoms with Crippen molar-refractivity contribution >= 4 is 25.5 Å². The lowest BCUT2D eigenvalue weighted by atomic mass is 9.92. The molecule has 24 heavy (non-hydrogen) atoms. The molecule has 1 aromatic carbocycles. The Balaban J connectivity index is 3.40. The van der Waals surface area contributed by atoms with Crippen LogP contribution in [0.3, 0.4) is 0 Å². The second kappa shape index (κ2) is 8.68. The molecule has 1 aromatic rings. The van der Waals surface area contributed by atoms with Crippen molar-refractivity contribution in [3.63, 3.8) is 0 Å². The Morgan fingerprint density at radius 2 is 1.79 bits per heavy atom. The van der Waals surface area contributed by atoms with Crippen LogP contribution in [0.15, 0.2) is 24.3 Å². The highest BCUT2D eigenvalue weighted by Crippen LogP contribution is 2.57. The fourth-order valence-electron chi connectivity index (χ4n) is 2.33. The van der Waals surface area contributed by atoms with Crippen LogP contribution in [0.1, 0.15) is 17.9 Å². The van der Waals surface area contributed by atoms with Crippen LogP contribution in [0.5, 0.6) is 0 Å². The first-order chi connectivity index (χ1) is 11.3. The van der Waals surface area contributed by atoms with Crippen LogP contribution >= 0.6 is 7.60 Å². The van der Waals surface area contributed by atoms with Gasteiger partial charge in [0.05, 0.1) is 12.0 Å². The Morgan fingerprint density at radius 3 is 2.17 bits per heavy atom. The molecule has 0 aliphatic rings. The molecule has 2 atom stereocenters. The smallest absolute Gasteiger partial charge is 0.345 e. The van der Waals surface area contributed by atoms with Crippen molar-refractivity contribution in [3.8, 4) is 0 Å². The number of benzene rings is 1. The number of nitro groups is 1. The van der Waals surface area contributed by atoms with Gasteiger partial charge in [0, 0.05) is 38.7 Å². The summed E-state index contributed by atoms with van der Waals surface area (Å²) >= 11 is 0. The Morgan fingerprint density at radius 1 is 1.25 bits per heavy atom. The Labute approximate surface area is 138 Å². The van der Waals surface area contributed by atoms with Gasteiger partial charge in [-0.05, 0) is 5.56 Å². The third-order valence-electron chi connectivity index (χ3n) is 3.56. The summed E-state index contributed by atoms with van der Waals surface area (Å²) < 4.78 is 27.2. The number of nitrogens with zero attached hydrogens (tertiary/aromatic N) is 1. The molecule has 0 aliphatic heterocycles. The first-order valence-electron chi connectivity index (χ1n) is 6.81. The summed E-state index contributed by atoms with van der Waals surface area (Å²) in [5.41, 5.74) is -1.14. The van der Waals surface area contributed by atoms with Crippen LogP contribution in [-0.2, 0) is 27.9 Å². The van der Waals surface area contributed by atoms with Gasteiger partial charge in [0.15, 0.2) is 5.66 Å². The molecule has 0 saturated heterocycles. The van der Waals surface area contributed by atoms with Crippen molar-refractivity contribution in [1.29, 1.82) is 0 Å². The number of ether oxygens (including phenoxy) is 1. The molecule has 10 heteroatoms. The van der Waals surface area contributed by atoms with Gasteiger partial charge in [-0.25, -0.2) is 0 Å². The fraction of sp³-hybridized carbons (Fsp3) is 0.429. The lowest BCUT2D eigenvalue weighted by Crippen LogP contribution is -2.31. The zero-order valence-electron chi connectivity index (χ0n) is 13.4. The van der Waals surface area contributed by atoms with Gasteiger partial charge >= 0.3 is 13.6 Å². The normalized spacial score (nSPS) is 13.8. The van der Waals surface area contributed by atoms with Crippen molar-refractivity contribution in [2.24, 2.45) is 0 Å². The molecular formula is C14H18NO8P. The third kappa shape index (κ3) is 4.25. The summed E-state index contributed by atoms with van der Waals surface area (Å²) in [6.45, 7) is 0.